The van der Waals surface area contributed by atoms with Gasteiger partial charge in [-0.3, -0.25) is 9.78 Å². The summed E-state index contributed by atoms with van der Waals surface area (Å²) in [4.78, 5) is 15.8. The zero-order chi connectivity index (χ0) is 14.5. The molecule has 1 unspecified atom stereocenters. The van der Waals surface area contributed by atoms with Crippen molar-refractivity contribution in [3.8, 4) is 0 Å². The first kappa shape index (κ1) is 13.8. The van der Waals surface area contributed by atoms with Gasteiger partial charge < -0.3 is 0 Å². The number of halogens is 2. The quantitative estimate of drug-likeness (QED) is 0.598. The summed E-state index contributed by atoms with van der Waals surface area (Å²) in [7, 11) is 1.23. The molecule has 8 heteroatoms. The molecule has 1 fully saturated rings. The Hall–Kier alpha value is -1.18. The molecule has 2 aromatic rings. The van der Waals surface area contributed by atoms with E-state index in [1.165, 1.54) is 0 Å². The van der Waals surface area contributed by atoms with E-state index in [-0.39, 0.29) is 6.42 Å². The highest BCUT2D eigenvalue weighted by atomic mass is 79.9. The molecule has 0 saturated carbocycles. The number of carbonyl (C=O) groups excluding carboxylic acids is 1. The Kier molecular flexibility index (Phi) is 3.23. The Bertz CT molecular complexity index is 825. The van der Waals surface area contributed by atoms with Gasteiger partial charge in [0.1, 0.15) is 0 Å². The summed E-state index contributed by atoms with van der Waals surface area (Å²) in [5, 5.41) is 0.858. The molecule has 20 heavy (non-hydrogen) atoms. The van der Waals surface area contributed by atoms with E-state index < -0.39 is 21.2 Å². The van der Waals surface area contributed by atoms with Gasteiger partial charge in [-0.05, 0) is 12.1 Å². The minimum atomic E-state index is -4.07. The van der Waals surface area contributed by atoms with Crippen LogP contribution in [-0.2, 0) is 14.0 Å². The zero-order valence-corrected chi connectivity index (χ0v) is 13.1. The van der Waals surface area contributed by atoms with Crippen LogP contribution in [0.5, 0.6) is 0 Å². The fraction of sp³-hybridized carbons (Fsp3) is 0.167. The molecule has 0 bridgehead atoms. The second-order valence-electron chi connectivity index (χ2n) is 4.39. The van der Waals surface area contributed by atoms with Crippen LogP contribution in [0.2, 0.25) is 0 Å². The van der Waals surface area contributed by atoms with Crippen LogP contribution in [0.1, 0.15) is 18.0 Å². The molecule has 1 saturated heterocycles. The van der Waals surface area contributed by atoms with Crippen molar-refractivity contribution in [2.45, 2.75) is 12.5 Å². The van der Waals surface area contributed by atoms with E-state index in [9.17, 15) is 13.2 Å². The summed E-state index contributed by atoms with van der Waals surface area (Å²) in [6.07, 6.45) is 1.73. The summed E-state index contributed by atoms with van der Waals surface area (Å²) in [5.41, 5.74) is 1.33. The van der Waals surface area contributed by atoms with Crippen molar-refractivity contribution in [1.29, 1.82) is 0 Å². The van der Waals surface area contributed by atoms with E-state index in [1.807, 2.05) is 6.07 Å². The number of hydrogen-bond donors (Lipinski definition) is 0. The van der Waals surface area contributed by atoms with Crippen molar-refractivity contribution in [3.05, 3.63) is 40.5 Å². The predicted octanol–water partition coefficient (Wildman–Crippen LogP) is 2.75. The van der Waals surface area contributed by atoms with Crippen LogP contribution in [0.3, 0.4) is 0 Å². The highest BCUT2D eigenvalue weighted by molar-refractivity contribution is 9.10. The van der Waals surface area contributed by atoms with Crippen molar-refractivity contribution in [3.63, 3.8) is 0 Å². The molecule has 1 aromatic carbocycles. The molecule has 1 aliphatic heterocycles. The number of fused-ring (bicyclic) bond motifs is 1. The molecule has 0 radical (unpaired) electrons. The first-order valence-electron chi connectivity index (χ1n) is 5.69. The number of nitrogens with zero attached hydrogens (tertiary/aromatic N) is 2. The SMILES string of the molecule is O=C1CC(c2ccc(Br)c3cccnc23)N1S(=O)(=O)Cl. The van der Waals surface area contributed by atoms with Crippen LogP contribution in [0.25, 0.3) is 10.9 Å². The summed E-state index contributed by atoms with van der Waals surface area (Å²) in [5.74, 6) is -0.503. The molecular weight excluding hydrogens is 368 g/mol. The lowest BCUT2D eigenvalue weighted by Crippen LogP contribution is -2.48. The Balaban J connectivity index is 2.17. The van der Waals surface area contributed by atoms with Gasteiger partial charge in [-0.1, -0.05) is 28.1 Å². The number of β-lactam (4-membered cyclic amide) rings is 1. The zero-order valence-electron chi connectivity index (χ0n) is 9.95. The van der Waals surface area contributed by atoms with Crippen LogP contribution in [-0.4, -0.2) is 23.6 Å². The van der Waals surface area contributed by atoms with Crippen LogP contribution in [0, 0.1) is 0 Å². The minimum absolute atomic E-state index is 0.110. The van der Waals surface area contributed by atoms with Crippen LogP contribution in [0.4, 0.5) is 0 Å². The molecule has 3 rings (SSSR count). The molecule has 0 aliphatic carbocycles. The number of rotatable bonds is 2. The third-order valence-electron chi connectivity index (χ3n) is 3.24. The fourth-order valence-corrected chi connectivity index (χ4v) is 4.12. The fourth-order valence-electron chi connectivity index (χ4n) is 2.34. The van der Waals surface area contributed by atoms with Crippen molar-refractivity contribution in [2.75, 3.05) is 0 Å². The Morgan fingerprint density at radius 3 is 2.75 bits per heavy atom. The number of carbonyl (C=O) groups is 1. The molecule has 1 amide bonds. The average Bonchev–Trinajstić information content (AvgIpc) is 2.35. The minimum Gasteiger partial charge on any atom is -0.274 e. The van der Waals surface area contributed by atoms with Crippen molar-refractivity contribution < 1.29 is 13.2 Å². The van der Waals surface area contributed by atoms with E-state index >= 15 is 0 Å². The van der Waals surface area contributed by atoms with E-state index in [1.54, 1.807) is 24.4 Å². The van der Waals surface area contributed by atoms with Crippen molar-refractivity contribution in [1.82, 2.24) is 9.29 Å². The standard InChI is InChI=1S/C12H8BrClN2O3S/c13-9-4-3-8(12-7(9)2-1-5-15-12)10-6-11(17)16(10)20(14,18)19/h1-5,10H,6H2. The van der Waals surface area contributed by atoms with Gasteiger partial charge in [-0.25, -0.2) is 4.31 Å². The third kappa shape index (κ3) is 2.10. The normalized spacial score (nSPS) is 19.2. The molecule has 0 spiro atoms. The molecule has 2 heterocycles. The van der Waals surface area contributed by atoms with E-state index in [0.29, 0.717) is 15.4 Å². The van der Waals surface area contributed by atoms with Crippen LogP contribution in [0.15, 0.2) is 34.9 Å². The predicted molar refractivity (Wildman–Crippen MR) is 78.4 cm³/mol. The second kappa shape index (κ2) is 4.68. The summed E-state index contributed by atoms with van der Waals surface area (Å²) >= 11 is 3.42. The lowest BCUT2D eigenvalue weighted by Gasteiger charge is -2.37. The van der Waals surface area contributed by atoms with E-state index in [4.69, 9.17) is 10.7 Å². The summed E-state index contributed by atoms with van der Waals surface area (Å²) < 4.78 is 24.5. The van der Waals surface area contributed by atoms with Gasteiger partial charge in [0.05, 0.1) is 18.0 Å². The molecule has 0 N–H and O–H groups in total. The maximum Gasteiger partial charge on any atom is 0.324 e. The van der Waals surface area contributed by atoms with Crippen molar-refractivity contribution >= 4 is 52.7 Å². The Morgan fingerprint density at radius 2 is 2.10 bits per heavy atom. The monoisotopic (exact) mass is 374 g/mol. The maximum absolute atomic E-state index is 11.5. The molecule has 1 atom stereocenters. The Labute approximate surface area is 128 Å². The topological polar surface area (TPSA) is 67.3 Å². The van der Waals surface area contributed by atoms with Crippen molar-refractivity contribution in [2.24, 2.45) is 0 Å². The molecule has 1 aromatic heterocycles. The highest BCUT2D eigenvalue weighted by Gasteiger charge is 2.45. The van der Waals surface area contributed by atoms with Crippen LogP contribution >= 0.6 is 26.6 Å². The number of amides is 1. The second-order valence-corrected chi connectivity index (χ2v) is 7.63. The summed E-state index contributed by atoms with van der Waals surface area (Å²) in [6, 6.07) is 6.64. The van der Waals surface area contributed by atoms with Gasteiger partial charge in [-0.2, -0.15) is 8.42 Å². The first-order chi connectivity index (χ1) is 9.39. The average molecular weight is 376 g/mol. The van der Waals surface area contributed by atoms with Gasteiger partial charge in [0.2, 0.25) is 5.91 Å². The maximum atomic E-state index is 11.5. The largest absolute Gasteiger partial charge is 0.324 e. The molecule has 1 aliphatic rings. The molecular formula is C12H8BrClN2O3S. The van der Waals surface area contributed by atoms with Gasteiger partial charge in [0, 0.05) is 32.3 Å². The summed E-state index contributed by atoms with van der Waals surface area (Å²) in [6.45, 7) is 0. The van der Waals surface area contributed by atoms with Gasteiger partial charge >= 0.3 is 9.24 Å². The lowest BCUT2D eigenvalue weighted by atomic mass is 9.95. The Morgan fingerprint density at radius 1 is 1.35 bits per heavy atom. The smallest absolute Gasteiger partial charge is 0.274 e. The molecule has 104 valence electrons. The number of benzene rings is 1. The number of hydrogen-bond acceptors (Lipinski definition) is 4. The van der Waals surface area contributed by atoms with E-state index in [0.717, 1.165) is 9.86 Å². The first-order valence-corrected chi connectivity index (χ1v) is 8.75. The van der Waals surface area contributed by atoms with Gasteiger partial charge in [0.15, 0.2) is 0 Å². The van der Waals surface area contributed by atoms with Gasteiger partial charge in [-0.15, -0.1) is 0 Å². The number of pyridine rings is 1. The third-order valence-corrected chi connectivity index (χ3v) is 5.30. The van der Waals surface area contributed by atoms with Crippen LogP contribution < -0.4 is 0 Å². The molecule has 5 nitrogen and oxygen atoms in total. The highest BCUT2D eigenvalue weighted by Crippen LogP contribution is 2.41. The van der Waals surface area contributed by atoms with Gasteiger partial charge in [0.25, 0.3) is 0 Å². The number of aromatic nitrogens is 1. The lowest BCUT2D eigenvalue weighted by molar-refractivity contribution is -0.137. The van der Waals surface area contributed by atoms with E-state index in [2.05, 4.69) is 20.9 Å².